The van der Waals surface area contributed by atoms with Gasteiger partial charge in [0.2, 0.25) is 0 Å². The maximum atomic E-state index is 0. The van der Waals surface area contributed by atoms with Crippen molar-refractivity contribution in [1.82, 2.24) is 0 Å². The molecule has 0 amide bonds. The van der Waals surface area contributed by atoms with Gasteiger partial charge in [0.15, 0.2) is 0 Å². The van der Waals surface area contributed by atoms with E-state index in [1.54, 1.807) is 0 Å². The first-order valence-corrected chi connectivity index (χ1v) is 0. The standard InChI is InChI=1S/Ag.Cu.2Li.5H2O.2V.2H/h;;;;5*1H2;;;;/q;;2*+1;;;;;;;;2*-1. The van der Waals surface area contributed by atoms with Crippen molar-refractivity contribution < 1.29 is 145 Å². The van der Waals surface area contributed by atoms with E-state index < -0.39 is 0 Å². The van der Waals surface area contributed by atoms with Crippen molar-refractivity contribution in [1.29, 1.82) is 0 Å². The van der Waals surface area contributed by atoms with Gasteiger partial charge in [-0.1, -0.05) is 0 Å². The van der Waals surface area contributed by atoms with E-state index in [0.29, 0.717) is 0 Å². The van der Waals surface area contributed by atoms with Gasteiger partial charge in [0.1, 0.15) is 0 Å². The third-order valence-corrected chi connectivity index (χ3v) is 0. The first-order chi connectivity index (χ1) is 0. The predicted molar refractivity (Wildman–Crippen MR) is 20.3 cm³/mol. The molecule has 0 aromatic heterocycles. The van der Waals surface area contributed by atoms with Crippen LogP contribution in [0.15, 0.2) is 0 Å². The molecular weight excluding hydrogens is 367 g/mol. The van der Waals surface area contributed by atoms with E-state index in [-0.39, 0.29) is 145 Å². The summed E-state index contributed by atoms with van der Waals surface area (Å²) in [5.41, 5.74) is 0. The summed E-state index contributed by atoms with van der Waals surface area (Å²) in [6.07, 6.45) is 0. The van der Waals surface area contributed by atoms with Gasteiger partial charge in [-0.05, 0) is 0 Å². The van der Waals surface area contributed by atoms with E-state index in [1.165, 1.54) is 0 Å². The predicted octanol–water partition coefficient (Wildman–Crippen LogP) is -9.90. The van der Waals surface area contributed by atoms with Crippen molar-refractivity contribution in [2.24, 2.45) is 0 Å². The molecule has 0 aromatic carbocycles. The monoisotopic (exact) mass is 378 g/mol. The second-order valence-electron chi connectivity index (χ2n) is 0. The van der Waals surface area contributed by atoms with Gasteiger partial charge in [-0.25, -0.2) is 0 Å². The van der Waals surface area contributed by atoms with Crippen LogP contribution in [0.4, 0.5) is 0 Å². The van der Waals surface area contributed by atoms with Gasteiger partial charge in [0.05, 0.1) is 0 Å². The van der Waals surface area contributed by atoms with Gasteiger partial charge in [-0.3, -0.25) is 0 Å². The van der Waals surface area contributed by atoms with E-state index in [2.05, 4.69) is 0 Å². The first-order valence-electron chi connectivity index (χ1n) is 0. The fourth-order valence-corrected chi connectivity index (χ4v) is 0. The molecule has 0 atom stereocenters. The minimum atomic E-state index is 0. The Morgan fingerprint density at radius 2 is 0.545 bits per heavy atom. The number of hydrogen-bond acceptors (Lipinski definition) is 0. The zero-order chi connectivity index (χ0) is 0. The summed E-state index contributed by atoms with van der Waals surface area (Å²) in [5, 5.41) is 0. The van der Waals surface area contributed by atoms with Crippen LogP contribution >= 0.6 is 0 Å². The summed E-state index contributed by atoms with van der Waals surface area (Å²) in [5.74, 6) is 0. The Hall–Kier alpha value is 3.42. The topological polar surface area (TPSA) is 158 Å². The van der Waals surface area contributed by atoms with Crippen LogP contribution in [0, 0.1) is 0 Å². The summed E-state index contributed by atoms with van der Waals surface area (Å²) < 4.78 is 0. The van der Waals surface area contributed by atoms with Crippen LogP contribution in [-0.4, -0.2) is 27.4 Å². The molecule has 0 fully saturated rings. The Morgan fingerprint density at radius 3 is 0.545 bits per heavy atom. The molecule has 11 heavy (non-hydrogen) atoms. The molecule has 5 nitrogen and oxygen atoms in total. The third kappa shape index (κ3) is 149. The molecule has 0 bridgehead atoms. The third-order valence-electron chi connectivity index (χ3n) is 0. The molecule has 0 aliphatic carbocycles. The summed E-state index contributed by atoms with van der Waals surface area (Å²) >= 11 is 0. The average Bonchev–Trinajstić information content (AvgIpc) is 0. The molecule has 0 aromatic rings. The number of rotatable bonds is 0. The van der Waals surface area contributed by atoms with Gasteiger partial charge in [-0.15, -0.1) is 0 Å². The van der Waals surface area contributed by atoms with Gasteiger partial charge in [-0.2, -0.15) is 0 Å². The van der Waals surface area contributed by atoms with E-state index in [4.69, 9.17) is 0 Å². The largest absolute Gasteiger partial charge is 1.00 e. The van der Waals surface area contributed by atoms with E-state index in [0.717, 1.165) is 0 Å². The van der Waals surface area contributed by atoms with Crippen LogP contribution in [0.1, 0.15) is 2.85 Å². The number of hydrogen-bond donors (Lipinski definition) is 0. The Bertz CT molecular complexity index is 30.5. The fourth-order valence-electron chi connectivity index (χ4n) is 0. The molecule has 0 heterocycles. The van der Waals surface area contributed by atoms with Crippen LogP contribution in [0.2, 0.25) is 0 Å². The molecule has 0 saturated carbocycles. The van der Waals surface area contributed by atoms with E-state index >= 15 is 0 Å². The van der Waals surface area contributed by atoms with E-state index in [9.17, 15) is 0 Å². The Morgan fingerprint density at radius 1 is 0.545 bits per heavy atom. The minimum absolute atomic E-state index is 0. The zero-order valence-electron chi connectivity index (χ0n) is 8.00. The van der Waals surface area contributed by atoms with Crippen LogP contribution < -0.4 is 37.7 Å². The maximum absolute atomic E-state index is 0. The quantitative estimate of drug-likeness (QED) is 0.366. The summed E-state index contributed by atoms with van der Waals surface area (Å²) in [4.78, 5) is 0. The molecule has 0 aliphatic rings. The van der Waals surface area contributed by atoms with Gasteiger partial charge >= 0.3 is 37.7 Å². The van der Waals surface area contributed by atoms with Crippen molar-refractivity contribution in [2.45, 2.75) is 0 Å². The van der Waals surface area contributed by atoms with Crippen molar-refractivity contribution in [3.8, 4) is 0 Å². The van der Waals surface area contributed by atoms with Crippen LogP contribution in [0.5, 0.6) is 0 Å². The first kappa shape index (κ1) is 222. The van der Waals surface area contributed by atoms with Crippen LogP contribution in [0.3, 0.4) is 0 Å². The molecule has 0 unspecified atom stereocenters. The smallest absolute Gasteiger partial charge is 1.00 e. The fraction of sp³-hybridized carbons (Fsp3) is 0. The average molecular weight is 379 g/mol. The summed E-state index contributed by atoms with van der Waals surface area (Å²) in [7, 11) is 0. The SMILES string of the molecule is O.O.O.O.O.[Ag].[Cu].[H-].[H-].[Li+].[Li+].[V].[V]. The Labute approximate surface area is 143 Å². The van der Waals surface area contributed by atoms with E-state index in [1.807, 2.05) is 0 Å². The van der Waals surface area contributed by atoms with Gasteiger partial charge < -0.3 is 30.2 Å². The summed E-state index contributed by atoms with van der Waals surface area (Å²) in [6.45, 7) is 0. The molecule has 11 heteroatoms. The van der Waals surface area contributed by atoms with Crippen LogP contribution in [0.25, 0.3) is 0 Å². The molecule has 0 spiro atoms. The molecule has 0 aliphatic heterocycles. The molecule has 0 rings (SSSR count). The molecule has 0 saturated heterocycles. The minimum Gasteiger partial charge on any atom is -1.00 e. The van der Waals surface area contributed by atoms with Crippen molar-refractivity contribution in [3.05, 3.63) is 0 Å². The molecular formula is H12AgCuLi2O5V2. The summed E-state index contributed by atoms with van der Waals surface area (Å²) in [6, 6.07) is 0. The van der Waals surface area contributed by atoms with Crippen molar-refractivity contribution >= 4 is 0 Å². The second kappa shape index (κ2) is 177. The molecule has 4 radical (unpaired) electrons. The Kier molecular flexibility index (Phi) is 3560. The molecule has 10 N–H and O–H groups in total. The maximum Gasteiger partial charge on any atom is 1.00 e. The second-order valence-corrected chi connectivity index (χ2v) is 0. The Balaban J connectivity index is 0. The van der Waals surface area contributed by atoms with Gasteiger partial charge in [0, 0.05) is 76.6 Å². The van der Waals surface area contributed by atoms with Crippen LogP contribution in [-0.2, 0) is 76.6 Å². The van der Waals surface area contributed by atoms with Crippen molar-refractivity contribution in [2.75, 3.05) is 0 Å². The zero-order valence-corrected chi connectivity index (χ0v) is 11.2. The normalized spacial score (nSPS) is 0. The van der Waals surface area contributed by atoms with Gasteiger partial charge in [0.25, 0.3) is 0 Å². The van der Waals surface area contributed by atoms with Crippen molar-refractivity contribution in [3.63, 3.8) is 0 Å². The molecule has 76 valence electrons.